The zero-order valence-corrected chi connectivity index (χ0v) is 19.7. The smallest absolute Gasteiger partial charge is 0.161 e. The molecular weight excluding hydrogens is 416 g/mol. The van der Waals surface area contributed by atoms with E-state index in [-0.39, 0.29) is 25.0 Å². The SMILES string of the molecule is COc1cc(C[C@H](CO)[C@@H](CO)Cc2ccc(OCc3ccccc3)c(OC)c2)ccc1C. The maximum Gasteiger partial charge on any atom is 0.161 e. The zero-order chi connectivity index (χ0) is 23.6. The average molecular weight is 451 g/mol. The van der Waals surface area contributed by atoms with Crippen molar-refractivity contribution in [3.63, 3.8) is 0 Å². The Bertz CT molecular complexity index is 1000. The van der Waals surface area contributed by atoms with Gasteiger partial charge in [-0.1, -0.05) is 48.5 Å². The van der Waals surface area contributed by atoms with Crippen molar-refractivity contribution in [2.45, 2.75) is 26.4 Å². The molecule has 3 aromatic carbocycles. The zero-order valence-electron chi connectivity index (χ0n) is 19.7. The van der Waals surface area contributed by atoms with E-state index in [0.717, 1.165) is 28.0 Å². The van der Waals surface area contributed by atoms with Gasteiger partial charge in [-0.25, -0.2) is 0 Å². The second-order valence-electron chi connectivity index (χ2n) is 8.36. The highest BCUT2D eigenvalue weighted by atomic mass is 16.5. The quantitative estimate of drug-likeness (QED) is 0.422. The molecule has 0 unspecified atom stereocenters. The van der Waals surface area contributed by atoms with Gasteiger partial charge in [0.2, 0.25) is 0 Å². The molecule has 0 aliphatic heterocycles. The summed E-state index contributed by atoms with van der Waals surface area (Å²) < 4.78 is 16.9. The number of benzene rings is 3. The fourth-order valence-corrected chi connectivity index (χ4v) is 4.05. The Kier molecular flexibility index (Phi) is 9.16. The first-order valence-corrected chi connectivity index (χ1v) is 11.3. The van der Waals surface area contributed by atoms with Crippen molar-refractivity contribution in [3.05, 3.63) is 89.0 Å². The Morgan fingerprint density at radius 2 is 1.24 bits per heavy atom. The summed E-state index contributed by atoms with van der Waals surface area (Å²) in [5.41, 5.74) is 4.26. The number of aliphatic hydroxyl groups is 2. The molecule has 2 atom stereocenters. The van der Waals surface area contributed by atoms with Crippen molar-refractivity contribution in [3.8, 4) is 17.2 Å². The third kappa shape index (κ3) is 6.73. The Morgan fingerprint density at radius 3 is 1.82 bits per heavy atom. The minimum Gasteiger partial charge on any atom is -0.496 e. The summed E-state index contributed by atoms with van der Waals surface area (Å²) in [4.78, 5) is 0. The molecule has 3 aromatic rings. The first kappa shape index (κ1) is 24.6. The van der Waals surface area contributed by atoms with E-state index < -0.39 is 0 Å². The third-order valence-electron chi connectivity index (χ3n) is 6.07. The van der Waals surface area contributed by atoms with Crippen molar-refractivity contribution >= 4 is 0 Å². The molecule has 5 nitrogen and oxygen atoms in total. The van der Waals surface area contributed by atoms with Crippen molar-refractivity contribution in [1.82, 2.24) is 0 Å². The van der Waals surface area contributed by atoms with Gasteiger partial charge in [0.25, 0.3) is 0 Å². The molecule has 0 aliphatic carbocycles. The molecule has 0 saturated heterocycles. The van der Waals surface area contributed by atoms with Gasteiger partial charge in [0, 0.05) is 13.2 Å². The highest BCUT2D eigenvalue weighted by Gasteiger charge is 2.22. The largest absolute Gasteiger partial charge is 0.496 e. The predicted octanol–water partition coefficient (Wildman–Crippen LogP) is 4.59. The number of aliphatic hydroxyl groups excluding tert-OH is 2. The van der Waals surface area contributed by atoms with Gasteiger partial charge >= 0.3 is 0 Å². The molecule has 3 rings (SSSR count). The molecule has 33 heavy (non-hydrogen) atoms. The number of hydrogen-bond acceptors (Lipinski definition) is 5. The Labute approximate surface area is 196 Å². The van der Waals surface area contributed by atoms with E-state index in [9.17, 15) is 10.2 Å². The molecule has 0 radical (unpaired) electrons. The Hall–Kier alpha value is -3.02. The fraction of sp³-hybridized carbons (Fsp3) is 0.357. The number of aryl methyl sites for hydroxylation is 1. The van der Waals surface area contributed by atoms with Crippen LogP contribution in [-0.4, -0.2) is 37.6 Å². The lowest BCUT2D eigenvalue weighted by atomic mass is 9.83. The van der Waals surface area contributed by atoms with Crippen LogP contribution < -0.4 is 14.2 Å². The van der Waals surface area contributed by atoms with Gasteiger partial charge in [-0.3, -0.25) is 0 Å². The van der Waals surface area contributed by atoms with Crippen molar-refractivity contribution in [1.29, 1.82) is 0 Å². The van der Waals surface area contributed by atoms with Crippen LogP contribution in [0.3, 0.4) is 0 Å². The summed E-state index contributed by atoms with van der Waals surface area (Å²) in [6, 6.07) is 21.9. The summed E-state index contributed by atoms with van der Waals surface area (Å²) in [5.74, 6) is 1.99. The molecule has 0 amide bonds. The molecule has 0 bridgehead atoms. The highest BCUT2D eigenvalue weighted by Crippen LogP contribution is 2.31. The molecule has 0 aliphatic rings. The minimum absolute atomic E-state index is 0.00315. The van der Waals surface area contributed by atoms with E-state index in [0.29, 0.717) is 30.9 Å². The molecule has 0 fully saturated rings. The Morgan fingerprint density at radius 1 is 0.667 bits per heavy atom. The molecular formula is C28H34O5. The monoisotopic (exact) mass is 450 g/mol. The van der Waals surface area contributed by atoms with Crippen LogP contribution in [0, 0.1) is 18.8 Å². The summed E-state index contributed by atoms with van der Waals surface area (Å²) in [6.45, 7) is 2.45. The summed E-state index contributed by atoms with van der Waals surface area (Å²) in [7, 11) is 3.28. The van der Waals surface area contributed by atoms with E-state index in [1.807, 2.05) is 67.6 Å². The van der Waals surface area contributed by atoms with Crippen LogP contribution in [0.1, 0.15) is 22.3 Å². The second-order valence-corrected chi connectivity index (χ2v) is 8.36. The van der Waals surface area contributed by atoms with Gasteiger partial charge in [0.15, 0.2) is 11.5 Å². The molecule has 2 N–H and O–H groups in total. The second kappa shape index (κ2) is 12.3. The maximum absolute atomic E-state index is 10.1. The lowest BCUT2D eigenvalue weighted by Crippen LogP contribution is -2.26. The molecule has 176 valence electrons. The van der Waals surface area contributed by atoms with Crippen LogP contribution >= 0.6 is 0 Å². The summed E-state index contributed by atoms with van der Waals surface area (Å²) in [6.07, 6.45) is 1.29. The molecule has 0 spiro atoms. The number of hydrogen-bond donors (Lipinski definition) is 2. The number of ether oxygens (including phenoxy) is 3. The van der Waals surface area contributed by atoms with Gasteiger partial charge in [-0.2, -0.15) is 0 Å². The van der Waals surface area contributed by atoms with Crippen molar-refractivity contribution in [2.75, 3.05) is 27.4 Å². The number of rotatable bonds is 12. The lowest BCUT2D eigenvalue weighted by Gasteiger charge is -2.25. The maximum atomic E-state index is 10.1. The van der Waals surface area contributed by atoms with Crippen LogP contribution in [0.2, 0.25) is 0 Å². The van der Waals surface area contributed by atoms with Crippen molar-refractivity contribution in [2.24, 2.45) is 11.8 Å². The van der Waals surface area contributed by atoms with E-state index >= 15 is 0 Å². The van der Waals surface area contributed by atoms with Crippen LogP contribution in [0.4, 0.5) is 0 Å². The Balaban J connectivity index is 1.69. The van der Waals surface area contributed by atoms with E-state index in [4.69, 9.17) is 14.2 Å². The van der Waals surface area contributed by atoms with Gasteiger partial charge in [0.1, 0.15) is 12.4 Å². The van der Waals surface area contributed by atoms with Gasteiger partial charge < -0.3 is 24.4 Å². The third-order valence-corrected chi connectivity index (χ3v) is 6.07. The van der Waals surface area contributed by atoms with Crippen LogP contribution in [0.15, 0.2) is 66.7 Å². The lowest BCUT2D eigenvalue weighted by molar-refractivity contribution is 0.119. The average Bonchev–Trinajstić information content (AvgIpc) is 2.86. The molecule has 0 aromatic heterocycles. The van der Waals surface area contributed by atoms with Crippen LogP contribution in [0.25, 0.3) is 0 Å². The summed E-state index contributed by atoms with van der Waals surface area (Å²) in [5, 5.41) is 20.2. The summed E-state index contributed by atoms with van der Waals surface area (Å²) >= 11 is 0. The van der Waals surface area contributed by atoms with Crippen molar-refractivity contribution < 1.29 is 24.4 Å². The normalized spacial score (nSPS) is 12.8. The molecule has 5 heteroatoms. The molecule has 0 saturated carbocycles. The number of methoxy groups -OCH3 is 2. The van der Waals surface area contributed by atoms with Gasteiger partial charge in [-0.15, -0.1) is 0 Å². The minimum atomic E-state index is -0.0944. The fourth-order valence-electron chi connectivity index (χ4n) is 4.05. The van der Waals surface area contributed by atoms with Gasteiger partial charge in [-0.05, 0) is 72.1 Å². The first-order valence-electron chi connectivity index (χ1n) is 11.3. The predicted molar refractivity (Wildman–Crippen MR) is 130 cm³/mol. The van der Waals surface area contributed by atoms with Crippen LogP contribution in [-0.2, 0) is 19.4 Å². The van der Waals surface area contributed by atoms with E-state index in [1.165, 1.54) is 0 Å². The van der Waals surface area contributed by atoms with Crippen LogP contribution in [0.5, 0.6) is 17.2 Å². The standard InChI is InChI=1S/C28H34O5/c1-20-9-10-22(15-27(20)31-2)13-24(17-29)25(18-30)14-23-11-12-26(28(16-23)32-3)33-19-21-7-5-4-6-8-21/h4-12,15-16,24-25,29-30H,13-14,17-19H2,1-3H3/t24-,25-/m1/s1. The van der Waals surface area contributed by atoms with E-state index in [2.05, 4.69) is 6.07 Å². The van der Waals surface area contributed by atoms with E-state index in [1.54, 1.807) is 14.2 Å². The van der Waals surface area contributed by atoms with Gasteiger partial charge in [0.05, 0.1) is 14.2 Å². The topological polar surface area (TPSA) is 68.2 Å². The highest BCUT2D eigenvalue weighted by molar-refractivity contribution is 5.43. The first-order chi connectivity index (χ1) is 16.1. The molecule has 0 heterocycles.